The summed E-state index contributed by atoms with van der Waals surface area (Å²) >= 11 is 0. The van der Waals surface area contributed by atoms with Gasteiger partial charge in [0.2, 0.25) is 0 Å². The van der Waals surface area contributed by atoms with Crippen molar-refractivity contribution in [2.75, 3.05) is 0 Å². The number of aryl methyl sites for hydroxylation is 1. The number of benzene rings is 2. The highest BCUT2D eigenvalue weighted by atomic mass is 35.5. The molecule has 124 valence electrons. The number of nitrogens with one attached hydrogen (secondary N) is 1. The molecule has 0 aliphatic heterocycles. The molecular formula is C18H18ClN3O2. The summed E-state index contributed by atoms with van der Waals surface area (Å²) in [6.45, 7) is 0.423. The molecule has 0 unspecified atom stereocenters. The number of hydrogen-bond acceptors (Lipinski definition) is 3. The molecule has 0 aliphatic carbocycles. The molecule has 0 amide bonds. The number of nitrogens with zero attached hydrogens (tertiary/aromatic N) is 2. The van der Waals surface area contributed by atoms with E-state index < -0.39 is 5.97 Å². The van der Waals surface area contributed by atoms with Gasteiger partial charge in [0, 0.05) is 18.5 Å². The molecule has 0 spiro atoms. The number of rotatable bonds is 5. The van der Waals surface area contributed by atoms with Crippen LogP contribution in [-0.2, 0) is 11.3 Å². The standard InChI is InChI=1S/C18H17N3O2.ClH/c19-17-10-9-16(20-21(17)11-3-6-18(22)23)15-8-7-13-4-1-2-5-14(13)12-15;/h1-2,4-5,7-10,12,19H,3,6,11H2,(H,22,23);1H. The van der Waals surface area contributed by atoms with Crippen molar-refractivity contribution in [2.24, 2.45) is 0 Å². The summed E-state index contributed by atoms with van der Waals surface area (Å²) in [6.07, 6.45) is 0.536. The van der Waals surface area contributed by atoms with Crippen LogP contribution in [-0.4, -0.2) is 20.9 Å². The maximum atomic E-state index is 10.6. The number of carbonyl (C=O) groups is 1. The Balaban J connectivity index is 0.00000208. The lowest BCUT2D eigenvalue weighted by molar-refractivity contribution is -0.137. The summed E-state index contributed by atoms with van der Waals surface area (Å²) in [5.41, 5.74) is 2.04. The molecular weight excluding hydrogens is 326 g/mol. The Kier molecular flexibility index (Phi) is 5.71. The molecule has 24 heavy (non-hydrogen) atoms. The van der Waals surface area contributed by atoms with Gasteiger partial charge in [-0.2, -0.15) is 5.10 Å². The normalized spacial score (nSPS) is 10.3. The Bertz CT molecular complexity index is 921. The molecule has 0 aliphatic rings. The van der Waals surface area contributed by atoms with Crippen LogP contribution in [0.25, 0.3) is 22.0 Å². The molecule has 3 aromatic rings. The van der Waals surface area contributed by atoms with Gasteiger partial charge in [-0.25, -0.2) is 4.68 Å². The molecule has 2 N–H and O–H groups in total. The van der Waals surface area contributed by atoms with Crippen molar-refractivity contribution in [3.05, 3.63) is 60.1 Å². The predicted molar refractivity (Wildman–Crippen MR) is 95.1 cm³/mol. The van der Waals surface area contributed by atoms with E-state index in [1.807, 2.05) is 24.3 Å². The first-order valence-corrected chi connectivity index (χ1v) is 7.47. The van der Waals surface area contributed by atoms with Crippen molar-refractivity contribution < 1.29 is 9.90 Å². The van der Waals surface area contributed by atoms with E-state index in [1.165, 1.54) is 5.39 Å². The van der Waals surface area contributed by atoms with Crippen LogP contribution < -0.4 is 5.49 Å². The van der Waals surface area contributed by atoms with Crippen LogP contribution >= 0.6 is 12.4 Å². The number of fused-ring (bicyclic) bond motifs is 1. The van der Waals surface area contributed by atoms with Gasteiger partial charge in [-0.3, -0.25) is 10.2 Å². The van der Waals surface area contributed by atoms with Gasteiger partial charge in [0.15, 0.2) is 0 Å². The van der Waals surface area contributed by atoms with Crippen LogP contribution in [0.5, 0.6) is 0 Å². The van der Waals surface area contributed by atoms with E-state index >= 15 is 0 Å². The van der Waals surface area contributed by atoms with Crippen molar-refractivity contribution in [3.8, 4) is 11.3 Å². The quantitative estimate of drug-likeness (QED) is 0.744. The van der Waals surface area contributed by atoms with E-state index in [9.17, 15) is 4.79 Å². The second-order valence-electron chi connectivity index (χ2n) is 5.39. The van der Waals surface area contributed by atoms with Gasteiger partial charge in [-0.15, -0.1) is 12.4 Å². The van der Waals surface area contributed by atoms with E-state index in [1.54, 1.807) is 10.7 Å². The number of hydrogen-bond donors (Lipinski definition) is 2. The summed E-state index contributed by atoms with van der Waals surface area (Å²) in [5.74, 6) is -0.831. The fraction of sp³-hybridized carbons (Fsp3) is 0.167. The molecule has 5 nitrogen and oxygen atoms in total. The van der Waals surface area contributed by atoms with Gasteiger partial charge < -0.3 is 5.11 Å². The van der Waals surface area contributed by atoms with E-state index in [0.29, 0.717) is 13.0 Å². The smallest absolute Gasteiger partial charge is 0.303 e. The Labute approximate surface area is 145 Å². The zero-order valence-corrected chi connectivity index (χ0v) is 13.8. The van der Waals surface area contributed by atoms with Gasteiger partial charge in [0.1, 0.15) is 5.49 Å². The Hall–Kier alpha value is -2.66. The second kappa shape index (κ2) is 7.75. The average molecular weight is 344 g/mol. The number of carboxylic acids is 1. The zero-order chi connectivity index (χ0) is 16.2. The number of halogens is 1. The minimum atomic E-state index is -0.831. The lowest BCUT2D eigenvalue weighted by atomic mass is 10.1. The van der Waals surface area contributed by atoms with Crippen LogP contribution in [0, 0.1) is 5.41 Å². The molecule has 0 bridgehead atoms. The van der Waals surface area contributed by atoms with Crippen LogP contribution in [0.4, 0.5) is 0 Å². The summed E-state index contributed by atoms with van der Waals surface area (Å²) in [7, 11) is 0. The van der Waals surface area contributed by atoms with Gasteiger partial charge >= 0.3 is 5.97 Å². The topological polar surface area (TPSA) is 79.0 Å². The van der Waals surface area contributed by atoms with Crippen molar-refractivity contribution >= 4 is 29.1 Å². The van der Waals surface area contributed by atoms with Crippen molar-refractivity contribution in [2.45, 2.75) is 19.4 Å². The molecule has 1 heterocycles. The van der Waals surface area contributed by atoms with Crippen LogP contribution in [0.1, 0.15) is 12.8 Å². The molecule has 0 saturated carbocycles. The fourth-order valence-corrected chi connectivity index (χ4v) is 2.51. The molecule has 0 atom stereocenters. The average Bonchev–Trinajstić information content (AvgIpc) is 2.56. The van der Waals surface area contributed by atoms with Gasteiger partial charge in [-0.1, -0.05) is 36.4 Å². The Morgan fingerprint density at radius 1 is 1.08 bits per heavy atom. The third-order valence-electron chi connectivity index (χ3n) is 3.71. The van der Waals surface area contributed by atoms with Crippen LogP contribution in [0.15, 0.2) is 54.6 Å². The monoisotopic (exact) mass is 343 g/mol. The number of aromatic nitrogens is 2. The van der Waals surface area contributed by atoms with E-state index in [4.69, 9.17) is 10.5 Å². The highest BCUT2D eigenvalue weighted by Gasteiger charge is 2.04. The van der Waals surface area contributed by atoms with Gasteiger partial charge in [0.05, 0.1) is 5.69 Å². The lowest BCUT2D eigenvalue weighted by Crippen LogP contribution is -2.22. The number of aliphatic carboxylic acids is 1. The molecule has 0 fully saturated rings. The largest absolute Gasteiger partial charge is 0.481 e. The first-order valence-electron chi connectivity index (χ1n) is 7.47. The predicted octanol–water partition coefficient (Wildman–Crippen LogP) is 3.47. The SMILES string of the molecule is Cl.N=c1ccc(-c2ccc3ccccc3c2)nn1CCCC(=O)O. The molecule has 2 aromatic carbocycles. The fourth-order valence-electron chi connectivity index (χ4n) is 2.51. The minimum Gasteiger partial charge on any atom is -0.481 e. The summed E-state index contributed by atoms with van der Waals surface area (Å²) in [4.78, 5) is 10.6. The first kappa shape index (κ1) is 17.7. The van der Waals surface area contributed by atoms with E-state index in [-0.39, 0.29) is 24.3 Å². The molecule has 3 rings (SSSR count). The Morgan fingerprint density at radius 3 is 2.58 bits per heavy atom. The highest BCUT2D eigenvalue weighted by molar-refractivity contribution is 5.86. The maximum absolute atomic E-state index is 10.6. The van der Waals surface area contributed by atoms with Crippen molar-refractivity contribution in [3.63, 3.8) is 0 Å². The summed E-state index contributed by atoms with van der Waals surface area (Å²) < 4.78 is 1.55. The van der Waals surface area contributed by atoms with Gasteiger partial charge in [-0.05, 0) is 35.4 Å². The maximum Gasteiger partial charge on any atom is 0.303 e. The molecule has 0 radical (unpaired) electrons. The van der Waals surface area contributed by atoms with E-state index in [2.05, 4.69) is 29.4 Å². The molecule has 1 aromatic heterocycles. The van der Waals surface area contributed by atoms with Crippen LogP contribution in [0.3, 0.4) is 0 Å². The van der Waals surface area contributed by atoms with Crippen molar-refractivity contribution in [1.82, 2.24) is 9.78 Å². The number of carboxylic acid groups (broad SMARTS) is 1. The Morgan fingerprint density at radius 2 is 1.83 bits per heavy atom. The highest BCUT2D eigenvalue weighted by Crippen LogP contribution is 2.22. The summed E-state index contributed by atoms with van der Waals surface area (Å²) in [5, 5.41) is 23.4. The minimum absolute atomic E-state index is 0. The van der Waals surface area contributed by atoms with Crippen molar-refractivity contribution in [1.29, 1.82) is 5.41 Å². The van der Waals surface area contributed by atoms with E-state index in [0.717, 1.165) is 16.6 Å². The third-order valence-corrected chi connectivity index (χ3v) is 3.71. The lowest BCUT2D eigenvalue weighted by Gasteiger charge is -2.08. The zero-order valence-electron chi connectivity index (χ0n) is 13.0. The molecule has 0 saturated heterocycles. The van der Waals surface area contributed by atoms with Crippen LogP contribution in [0.2, 0.25) is 0 Å². The third kappa shape index (κ3) is 4.00. The van der Waals surface area contributed by atoms with Gasteiger partial charge in [0.25, 0.3) is 0 Å². The first-order chi connectivity index (χ1) is 11.1. The second-order valence-corrected chi connectivity index (χ2v) is 5.39. The molecule has 6 heteroatoms. The summed E-state index contributed by atoms with van der Waals surface area (Å²) in [6, 6.07) is 17.8.